The van der Waals surface area contributed by atoms with E-state index in [0.29, 0.717) is 6.54 Å². The highest BCUT2D eigenvalue weighted by atomic mass is 15.3. The fraction of sp³-hybridized carbons (Fsp3) is 0.667. The summed E-state index contributed by atoms with van der Waals surface area (Å²) in [6, 6.07) is 0.245. The number of nitrogens with zero attached hydrogens (tertiary/aromatic N) is 6. The maximum Gasteiger partial charge on any atom is 0.191 e. The van der Waals surface area contributed by atoms with Crippen molar-refractivity contribution in [2.45, 2.75) is 65.6 Å². The summed E-state index contributed by atoms with van der Waals surface area (Å²) in [5.74, 6) is 2.87. The summed E-state index contributed by atoms with van der Waals surface area (Å²) in [4.78, 5) is 4.35. The molecule has 8 heteroatoms. The molecule has 1 aliphatic rings. The van der Waals surface area contributed by atoms with E-state index in [9.17, 15) is 0 Å². The van der Waals surface area contributed by atoms with Gasteiger partial charge < -0.3 is 15.2 Å². The predicted molar refractivity (Wildman–Crippen MR) is 102 cm³/mol. The van der Waals surface area contributed by atoms with Crippen LogP contribution >= 0.6 is 0 Å². The molecule has 26 heavy (non-hydrogen) atoms. The Morgan fingerprint density at radius 1 is 1.27 bits per heavy atom. The monoisotopic (exact) mass is 358 g/mol. The van der Waals surface area contributed by atoms with Gasteiger partial charge in [-0.05, 0) is 45.6 Å². The minimum atomic E-state index is 0.245. The highest BCUT2D eigenvalue weighted by Gasteiger charge is 2.17. The lowest BCUT2D eigenvalue weighted by Gasteiger charge is -2.19. The second-order valence-corrected chi connectivity index (χ2v) is 7.09. The predicted octanol–water partition coefficient (Wildman–Crippen LogP) is 1.26. The van der Waals surface area contributed by atoms with Crippen LogP contribution in [-0.2, 0) is 33.0 Å². The number of aromatic nitrogens is 5. The molecule has 8 nitrogen and oxygen atoms in total. The Morgan fingerprint density at radius 2 is 2.08 bits per heavy atom. The minimum absolute atomic E-state index is 0.245. The first-order chi connectivity index (χ1) is 12.5. The quantitative estimate of drug-likeness (QED) is 0.621. The number of hydrogen-bond acceptors (Lipinski definition) is 4. The standard InChI is InChI=1S/C18H30N8/c1-12(10-15-13(2)24-25(5)14(15)3)21-18(19-4)20-11-17-23-22-16-8-6-7-9-26(16)17/h12H,6-11H2,1-5H3,(H2,19,20,21). The SMILES string of the molecule is CN=C(NCc1nnc2n1CCCC2)NC(C)Cc1c(C)nn(C)c1C. The molecule has 2 aromatic heterocycles. The molecule has 0 spiro atoms. The third-order valence-electron chi connectivity index (χ3n) is 5.13. The molecule has 0 bridgehead atoms. The van der Waals surface area contributed by atoms with Gasteiger partial charge in [-0.25, -0.2) is 0 Å². The highest BCUT2D eigenvalue weighted by Crippen LogP contribution is 2.15. The van der Waals surface area contributed by atoms with Crippen LogP contribution in [0.2, 0.25) is 0 Å². The number of guanidine groups is 1. The number of aryl methyl sites for hydroxylation is 3. The van der Waals surface area contributed by atoms with Crippen molar-refractivity contribution in [3.63, 3.8) is 0 Å². The van der Waals surface area contributed by atoms with E-state index in [-0.39, 0.29) is 6.04 Å². The first kappa shape index (κ1) is 18.4. The van der Waals surface area contributed by atoms with E-state index in [4.69, 9.17) is 0 Å². The van der Waals surface area contributed by atoms with Gasteiger partial charge in [-0.2, -0.15) is 5.10 Å². The molecule has 0 amide bonds. The molecule has 2 N–H and O–H groups in total. The van der Waals surface area contributed by atoms with Gasteiger partial charge in [0.2, 0.25) is 0 Å². The maximum atomic E-state index is 4.50. The summed E-state index contributed by atoms with van der Waals surface area (Å²) < 4.78 is 4.18. The number of aliphatic imine (C=N–C) groups is 1. The Labute approximate surface area is 155 Å². The summed E-state index contributed by atoms with van der Waals surface area (Å²) in [7, 11) is 3.78. The summed E-state index contributed by atoms with van der Waals surface area (Å²) in [6.07, 6.45) is 4.35. The molecule has 0 saturated heterocycles. The van der Waals surface area contributed by atoms with Crippen LogP contribution in [-0.4, -0.2) is 43.6 Å². The number of fused-ring (bicyclic) bond motifs is 1. The average molecular weight is 358 g/mol. The van der Waals surface area contributed by atoms with Crippen LogP contribution in [0.1, 0.15) is 48.4 Å². The fourth-order valence-corrected chi connectivity index (χ4v) is 3.56. The first-order valence-corrected chi connectivity index (χ1v) is 9.36. The lowest BCUT2D eigenvalue weighted by molar-refractivity contribution is 0.504. The van der Waals surface area contributed by atoms with Crippen LogP contribution in [0.25, 0.3) is 0 Å². The molecule has 0 radical (unpaired) electrons. The summed E-state index contributed by atoms with van der Waals surface area (Å²) in [6.45, 7) is 7.99. The van der Waals surface area contributed by atoms with Crippen molar-refractivity contribution in [1.29, 1.82) is 0 Å². The summed E-state index contributed by atoms with van der Waals surface area (Å²) in [5, 5.41) is 20.0. The van der Waals surface area contributed by atoms with Gasteiger partial charge in [-0.3, -0.25) is 9.67 Å². The van der Waals surface area contributed by atoms with Crippen LogP contribution in [0, 0.1) is 13.8 Å². The molecule has 0 fully saturated rings. The molecular formula is C18H30N8. The molecule has 142 valence electrons. The molecule has 3 rings (SSSR count). The van der Waals surface area contributed by atoms with Crippen molar-refractivity contribution >= 4 is 5.96 Å². The fourth-order valence-electron chi connectivity index (χ4n) is 3.56. The summed E-state index contributed by atoms with van der Waals surface area (Å²) >= 11 is 0. The second-order valence-electron chi connectivity index (χ2n) is 7.09. The van der Waals surface area contributed by atoms with Crippen LogP contribution < -0.4 is 10.6 Å². The van der Waals surface area contributed by atoms with Gasteiger partial charge in [0.1, 0.15) is 5.82 Å². The number of hydrogen-bond donors (Lipinski definition) is 2. The largest absolute Gasteiger partial charge is 0.354 e. The molecule has 2 aromatic rings. The maximum absolute atomic E-state index is 4.50. The van der Waals surface area contributed by atoms with Crippen molar-refractivity contribution in [3.8, 4) is 0 Å². The Balaban J connectivity index is 1.57. The molecule has 0 saturated carbocycles. The van der Waals surface area contributed by atoms with Gasteiger partial charge >= 0.3 is 0 Å². The summed E-state index contributed by atoms with van der Waals surface area (Å²) in [5.41, 5.74) is 3.61. The molecule has 1 aliphatic heterocycles. The van der Waals surface area contributed by atoms with Crippen molar-refractivity contribution in [3.05, 3.63) is 28.6 Å². The van der Waals surface area contributed by atoms with Crippen molar-refractivity contribution in [1.82, 2.24) is 35.2 Å². The molecule has 0 aromatic carbocycles. The van der Waals surface area contributed by atoms with E-state index in [1.54, 1.807) is 7.05 Å². The van der Waals surface area contributed by atoms with Crippen molar-refractivity contribution in [2.75, 3.05) is 7.05 Å². The van der Waals surface area contributed by atoms with Gasteiger partial charge in [0.25, 0.3) is 0 Å². The van der Waals surface area contributed by atoms with Gasteiger partial charge in [0.05, 0.1) is 12.2 Å². The molecule has 0 aliphatic carbocycles. The van der Waals surface area contributed by atoms with Crippen LogP contribution in [0.15, 0.2) is 4.99 Å². The van der Waals surface area contributed by atoms with Gasteiger partial charge in [0.15, 0.2) is 11.8 Å². The highest BCUT2D eigenvalue weighted by molar-refractivity contribution is 5.79. The molecule has 3 heterocycles. The van der Waals surface area contributed by atoms with Crippen LogP contribution in [0.5, 0.6) is 0 Å². The smallest absolute Gasteiger partial charge is 0.191 e. The van der Waals surface area contributed by atoms with E-state index in [1.165, 1.54) is 24.1 Å². The second kappa shape index (κ2) is 7.88. The Hall–Kier alpha value is -2.38. The Bertz CT molecular complexity index is 785. The third-order valence-corrected chi connectivity index (χ3v) is 5.13. The minimum Gasteiger partial charge on any atom is -0.354 e. The molecule has 1 atom stereocenters. The van der Waals surface area contributed by atoms with Crippen molar-refractivity contribution < 1.29 is 0 Å². The third kappa shape index (κ3) is 3.89. The molecule has 1 unspecified atom stereocenters. The first-order valence-electron chi connectivity index (χ1n) is 9.36. The Morgan fingerprint density at radius 3 is 2.77 bits per heavy atom. The average Bonchev–Trinajstić information content (AvgIpc) is 3.15. The number of nitrogens with one attached hydrogen (secondary N) is 2. The zero-order chi connectivity index (χ0) is 18.7. The topological polar surface area (TPSA) is 84.9 Å². The van der Waals surface area contributed by atoms with E-state index >= 15 is 0 Å². The normalized spacial score (nSPS) is 15.7. The Kier molecular flexibility index (Phi) is 5.58. The van der Waals surface area contributed by atoms with Gasteiger partial charge in [-0.15, -0.1) is 10.2 Å². The zero-order valence-electron chi connectivity index (χ0n) is 16.5. The van der Waals surface area contributed by atoms with Gasteiger partial charge in [-0.1, -0.05) is 0 Å². The van der Waals surface area contributed by atoms with Crippen LogP contribution in [0.4, 0.5) is 0 Å². The van der Waals surface area contributed by atoms with E-state index in [1.807, 2.05) is 11.7 Å². The van der Waals surface area contributed by atoms with E-state index in [2.05, 4.69) is 56.3 Å². The van der Waals surface area contributed by atoms with Gasteiger partial charge in [0, 0.05) is 38.8 Å². The molecular weight excluding hydrogens is 328 g/mol. The number of rotatable bonds is 5. The lowest BCUT2D eigenvalue weighted by atomic mass is 10.1. The van der Waals surface area contributed by atoms with E-state index in [0.717, 1.165) is 42.7 Å². The lowest BCUT2D eigenvalue weighted by Crippen LogP contribution is -2.43. The van der Waals surface area contributed by atoms with Crippen LogP contribution in [0.3, 0.4) is 0 Å². The van der Waals surface area contributed by atoms with Crippen molar-refractivity contribution in [2.24, 2.45) is 12.0 Å². The van der Waals surface area contributed by atoms with E-state index < -0.39 is 0 Å². The zero-order valence-corrected chi connectivity index (χ0v) is 16.5.